The van der Waals surface area contributed by atoms with Crippen LogP contribution in [0.5, 0.6) is 0 Å². The summed E-state index contributed by atoms with van der Waals surface area (Å²) in [6.45, 7) is 5.27. The average molecular weight is 263 g/mol. The quantitative estimate of drug-likeness (QED) is 0.378. The molecule has 0 aliphatic heterocycles. The van der Waals surface area contributed by atoms with E-state index in [1.807, 2.05) is 0 Å². The number of nitrogens with one attached hydrogen (secondary N) is 1. The first kappa shape index (κ1) is 19.7. The number of rotatable bonds is 9. The SMILES string of the molecule is CC(O)NC(C)O.CCCCCCCCC(=O)O. The molecule has 0 bridgehead atoms. The predicted octanol–water partition coefficient (Wildman–Crippen LogP) is 2.07. The molecule has 0 aromatic rings. The van der Waals surface area contributed by atoms with Crippen LogP contribution in [0, 0.1) is 0 Å². The van der Waals surface area contributed by atoms with Crippen LogP contribution in [0.25, 0.3) is 0 Å². The molecule has 18 heavy (non-hydrogen) atoms. The molecule has 0 heterocycles. The number of aliphatic hydroxyl groups is 2. The first-order valence-corrected chi connectivity index (χ1v) is 6.74. The summed E-state index contributed by atoms with van der Waals surface area (Å²) in [6, 6.07) is 0. The van der Waals surface area contributed by atoms with Crippen LogP contribution in [-0.4, -0.2) is 33.7 Å². The van der Waals surface area contributed by atoms with Crippen molar-refractivity contribution in [2.24, 2.45) is 0 Å². The molecule has 4 N–H and O–H groups in total. The number of aliphatic hydroxyl groups excluding tert-OH is 2. The Bertz CT molecular complexity index is 178. The van der Waals surface area contributed by atoms with Crippen molar-refractivity contribution in [1.29, 1.82) is 0 Å². The third kappa shape index (κ3) is 24.5. The fraction of sp³-hybridized carbons (Fsp3) is 0.923. The molecule has 0 aliphatic rings. The Morgan fingerprint density at radius 1 is 1.00 bits per heavy atom. The summed E-state index contributed by atoms with van der Waals surface area (Å²) >= 11 is 0. The summed E-state index contributed by atoms with van der Waals surface area (Å²) in [5, 5.41) is 27.6. The van der Waals surface area contributed by atoms with Crippen molar-refractivity contribution in [2.75, 3.05) is 0 Å². The van der Waals surface area contributed by atoms with Crippen molar-refractivity contribution in [3.05, 3.63) is 0 Å². The Labute approximate surface area is 110 Å². The van der Waals surface area contributed by atoms with E-state index in [-0.39, 0.29) is 0 Å². The van der Waals surface area contributed by atoms with Gasteiger partial charge in [0.2, 0.25) is 0 Å². The van der Waals surface area contributed by atoms with Gasteiger partial charge in [-0.3, -0.25) is 10.1 Å². The largest absolute Gasteiger partial charge is 0.481 e. The second-order valence-corrected chi connectivity index (χ2v) is 4.43. The van der Waals surface area contributed by atoms with Crippen LogP contribution in [0.15, 0.2) is 0 Å². The molecule has 0 amide bonds. The molecule has 0 radical (unpaired) electrons. The standard InChI is InChI=1S/C9H18O2.C4H11NO2/c1-2-3-4-5-6-7-8-9(10)11;1-3(6)5-4(2)7/h2-8H2,1H3,(H,10,11);3-7H,1-2H3. The van der Waals surface area contributed by atoms with Gasteiger partial charge in [0, 0.05) is 6.42 Å². The molecular formula is C13H29NO4. The van der Waals surface area contributed by atoms with Gasteiger partial charge in [0.05, 0.1) is 0 Å². The molecule has 110 valence electrons. The molecule has 0 aromatic heterocycles. The van der Waals surface area contributed by atoms with E-state index in [0.29, 0.717) is 6.42 Å². The van der Waals surface area contributed by atoms with Gasteiger partial charge in [0.1, 0.15) is 12.5 Å². The number of hydrogen-bond acceptors (Lipinski definition) is 4. The smallest absolute Gasteiger partial charge is 0.303 e. The van der Waals surface area contributed by atoms with Gasteiger partial charge >= 0.3 is 5.97 Å². The Morgan fingerprint density at radius 3 is 1.78 bits per heavy atom. The highest BCUT2D eigenvalue weighted by Gasteiger charge is 1.96. The maximum Gasteiger partial charge on any atom is 0.303 e. The number of unbranched alkanes of at least 4 members (excludes halogenated alkanes) is 5. The monoisotopic (exact) mass is 263 g/mol. The van der Waals surface area contributed by atoms with E-state index in [4.69, 9.17) is 15.3 Å². The molecule has 0 rings (SSSR count). The van der Waals surface area contributed by atoms with Gasteiger partial charge < -0.3 is 15.3 Å². The van der Waals surface area contributed by atoms with E-state index in [1.165, 1.54) is 25.7 Å². The zero-order valence-corrected chi connectivity index (χ0v) is 11.9. The van der Waals surface area contributed by atoms with Crippen LogP contribution >= 0.6 is 0 Å². The highest BCUT2D eigenvalue weighted by Crippen LogP contribution is 2.06. The van der Waals surface area contributed by atoms with Crippen LogP contribution < -0.4 is 5.32 Å². The number of hydrogen-bond donors (Lipinski definition) is 4. The van der Waals surface area contributed by atoms with Crippen molar-refractivity contribution in [2.45, 2.75) is 78.2 Å². The maximum absolute atomic E-state index is 10.1. The highest BCUT2D eigenvalue weighted by atomic mass is 16.4. The maximum atomic E-state index is 10.1. The van der Waals surface area contributed by atoms with Gasteiger partial charge in [-0.05, 0) is 20.3 Å². The lowest BCUT2D eigenvalue weighted by molar-refractivity contribution is -0.137. The molecule has 0 spiro atoms. The number of carboxylic acid groups (broad SMARTS) is 1. The van der Waals surface area contributed by atoms with Crippen molar-refractivity contribution < 1.29 is 20.1 Å². The fourth-order valence-corrected chi connectivity index (χ4v) is 1.41. The van der Waals surface area contributed by atoms with Crippen LogP contribution in [-0.2, 0) is 4.79 Å². The fourth-order valence-electron chi connectivity index (χ4n) is 1.41. The van der Waals surface area contributed by atoms with Gasteiger partial charge in [-0.15, -0.1) is 0 Å². The first-order chi connectivity index (χ1) is 8.40. The van der Waals surface area contributed by atoms with E-state index >= 15 is 0 Å². The second kappa shape index (κ2) is 14.4. The first-order valence-electron chi connectivity index (χ1n) is 6.74. The van der Waals surface area contributed by atoms with Crippen LogP contribution in [0.2, 0.25) is 0 Å². The van der Waals surface area contributed by atoms with Gasteiger partial charge in [0.15, 0.2) is 0 Å². The minimum absolute atomic E-state index is 0.339. The lowest BCUT2D eigenvalue weighted by Crippen LogP contribution is -2.33. The predicted molar refractivity (Wildman–Crippen MR) is 72.1 cm³/mol. The summed E-state index contributed by atoms with van der Waals surface area (Å²) in [7, 11) is 0. The topological polar surface area (TPSA) is 89.8 Å². The second-order valence-electron chi connectivity index (χ2n) is 4.43. The Balaban J connectivity index is 0. The molecule has 5 nitrogen and oxygen atoms in total. The summed E-state index contributed by atoms with van der Waals surface area (Å²) in [5.41, 5.74) is 0. The van der Waals surface area contributed by atoms with Crippen molar-refractivity contribution >= 4 is 5.97 Å². The molecule has 0 saturated heterocycles. The Morgan fingerprint density at radius 2 is 1.44 bits per heavy atom. The van der Waals surface area contributed by atoms with Crippen molar-refractivity contribution in [3.63, 3.8) is 0 Å². The summed E-state index contributed by atoms with van der Waals surface area (Å²) in [5.74, 6) is -0.666. The normalized spacial score (nSPS) is 13.4. The molecule has 2 atom stereocenters. The van der Waals surface area contributed by atoms with E-state index in [2.05, 4.69) is 12.2 Å². The van der Waals surface area contributed by atoms with Gasteiger partial charge in [-0.1, -0.05) is 39.0 Å². The summed E-state index contributed by atoms with van der Waals surface area (Å²) in [4.78, 5) is 10.1. The van der Waals surface area contributed by atoms with Gasteiger partial charge in [0.25, 0.3) is 0 Å². The van der Waals surface area contributed by atoms with E-state index in [1.54, 1.807) is 13.8 Å². The minimum Gasteiger partial charge on any atom is -0.481 e. The molecule has 2 unspecified atom stereocenters. The third-order valence-electron chi connectivity index (χ3n) is 2.23. The average Bonchev–Trinajstić information content (AvgIpc) is 2.21. The molecule has 0 aromatic carbocycles. The molecule has 0 fully saturated rings. The zero-order chi connectivity index (χ0) is 14.4. The lowest BCUT2D eigenvalue weighted by Gasteiger charge is -2.08. The van der Waals surface area contributed by atoms with Crippen LogP contribution in [0.4, 0.5) is 0 Å². The van der Waals surface area contributed by atoms with Crippen molar-refractivity contribution in [1.82, 2.24) is 5.32 Å². The number of carboxylic acids is 1. The Kier molecular flexibility index (Phi) is 15.8. The van der Waals surface area contributed by atoms with E-state index in [0.717, 1.165) is 12.8 Å². The third-order valence-corrected chi connectivity index (χ3v) is 2.23. The number of aliphatic carboxylic acids is 1. The van der Waals surface area contributed by atoms with Gasteiger partial charge in [-0.2, -0.15) is 0 Å². The van der Waals surface area contributed by atoms with E-state index < -0.39 is 18.4 Å². The Hall–Kier alpha value is -0.650. The number of carbonyl (C=O) groups is 1. The molecule has 5 heteroatoms. The molecule has 0 saturated carbocycles. The lowest BCUT2D eigenvalue weighted by atomic mass is 10.1. The van der Waals surface area contributed by atoms with Crippen LogP contribution in [0.1, 0.15) is 65.7 Å². The van der Waals surface area contributed by atoms with Crippen LogP contribution in [0.3, 0.4) is 0 Å². The summed E-state index contributed by atoms with van der Waals surface area (Å²) in [6.07, 6.45) is 6.00. The zero-order valence-electron chi connectivity index (χ0n) is 11.9. The van der Waals surface area contributed by atoms with Crippen molar-refractivity contribution in [3.8, 4) is 0 Å². The minimum atomic E-state index is -0.666. The highest BCUT2D eigenvalue weighted by molar-refractivity contribution is 5.66. The molecule has 0 aliphatic carbocycles. The van der Waals surface area contributed by atoms with E-state index in [9.17, 15) is 4.79 Å². The summed E-state index contributed by atoms with van der Waals surface area (Å²) < 4.78 is 0. The van der Waals surface area contributed by atoms with Gasteiger partial charge in [-0.25, -0.2) is 0 Å². The molecular weight excluding hydrogens is 234 g/mol.